The molecular weight excluding hydrogens is 279 g/mol. The first kappa shape index (κ1) is 16.3. The summed E-state index contributed by atoms with van der Waals surface area (Å²) in [6.45, 7) is 1.45. The van der Waals surface area contributed by atoms with E-state index in [2.05, 4.69) is 0 Å². The minimum atomic E-state index is -4.23. The van der Waals surface area contributed by atoms with Gasteiger partial charge in [-0.1, -0.05) is 30.7 Å². The molecule has 0 radical (unpaired) electrons. The molecule has 0 heterocycles. The molecule has 19 heavy (non-hydrogen) atoms. The molecule has 0 saturated heterocycles. The lowest BCUT2D eigenvalue weighted by molar-refractivity contribution is -0.150. The largest absolute Gasteiger partial charge is 0.391 e. The van der Waals surface area contributed by atoms with Crippen molar-refractivity contribution >= 4 is 11.6 Å². The van der Waals surface area contributed by atoms with Gasteiger partial charge in [0.05, 0.1) is 19.1 Å². The van der Waals surface area contributed by atoms with Gasteiger partial charge in [-0.05, 0) is 24.1 Å². The van der Waals surface area contributed by atoms with Crippen LogP contribution in [0.5, 0.6) is 0 Å². The average molecular weight is 296 g/mol. The van der Waals surface area contributed by atoms with E-state index in [4.69, 9.17) is 22.1 Å². The molecule has 0 aliphatic rings. The van der Waals surface area contributed by atoms with Crippen LogP contribution in [0.4, 0.5) is 13.2 Å². The van der Waals surface area contributed by atoms with Crippen LogP contribution in [0.2, 0.25) is 5.02 Å². The second-order valence-electron chi connectivity index (χ2n) is 4.28. The lowest BCUT2D eigenvalue weighted by Crippen LogP contribution is -2.30. The highest BCUT2D eigenvalue weighted by atomic mass is 35.5. The smallest absolute Gasteiger partial charge is 0.372 e. The number of halogens is 4. The van der Waals surface area contributed by atoms with E-state index in [9.17, 15) is 13.2 Å². The number of nitrogens with two attached hydrogens (primary N) is 1. The fraction of sp³-hybridized carbons (Fsp3) is 0.538. The van der Waals surface area contributed by atoms with Gasteiger partial charge in [-0.2, -0.15) is 13.2 Å². The average Bonchev–Trinajstić information content (AvgIpc) is 2.32. The molecule has 0 aromatic heterocycles. The van der Waals surface area contributed by atoms with Crippen LogP contribution in [0.25, 0.3) is 0 Å². The summed E-state index contributed by atoms with van der Waals surface area (Å²) in [7, 11) is 0. The number of benzene rings is 1. The molecule has 6 heteroatoms. The Kier molecular flexibility index (Phi) is 6.10. The summed E-state index contributed by atoms with van der Waals surface area (Å²) in [6.07, 6.45) is -5.19. The Morgan fingerprint density at radius 1 is 1.37 bits per heavy atom. The van der Waals surface area contributed by atoms with E-state index in [0.29, 0.717) is 17.0 Å². The van der Waals surface area contributed by atoms with Crippen LogP contribution in [0, 0.1) is 0 Å². The first-order chi connectivity index (χ1) is 8.83. The molecule has 0 aliphatic heterocycles. The molecule has 0 bridgehead atoms. The van der Waals surface area contributed by atoms with Crippen LogP contribution in [-0.4, -0.2) is 18.8 Å². The van der Waals surface area contributed by atoms with Crippen molar-refractivity contribution in [3.8, 4) is 0 Å². The fourth-order valence-electron chi connectivity index (χ4n) is 1.67. The number of alkyl halides is 3. The SMILES string of the molecule is CCC(N)C(OCCC(F)(F)F)c1cccc(Cl)c1. The maximum Gasteiger partial charge on any atom is 0.391 e. The molecule has 0 fully saturated rings. The minimum Gasteiger partial charge on any atom is -0.372 e. The van der Waals surface area contributed by atoms with E-state index >= 15 is 0 Å². The topological polar surface area (TPSA) is 35.2 Å². The molecule has 0 saturated carbocycles. The summed E-state index contributed by atoms with van der Waals surface area (Å²) in [6, 6.07) is 6.46. The number of ether oxygens (including phenoxy) is 1. The monoisotopic (exact) mass is 295 g/mol. The molecule has 108 valence electrons. The standard InChI is InChI=1S/C13H17ClF3NO/c1-2-11(18)12(19-7-6-13(15,16)17)9-4-3-5-10(14)8-9/h3-5,8,11-12H,2,6-7,18H2,1H3. The molecule has 1 aromatic carbocycles. The molecule has 2 atom stereocenters. The molecule has 2 N–H and O–H groups in total. The zero-order valence-electron chi connectivity index (χ0n) is 10.6. The normalized spacial score (nSPS) is 15.3. The van der Waals surface area contributed by atoms with E-state index < -0.39 is 25.3 Å². The van der Waals surface area contributed by atoms with Crippen molar-refractivity contribution < 1.29 is 17.9 Å². The predicted octanol–water partition coefficient (Wildman–Crippen LogP) is 4.09. The Labute approximate surface area is 115 Å². The third kappa shape index (κ3) is 5.80. The second kappa shape index (κ2) is 7.12. The first-order valence-corrected chi connectivity index (χ1v) is 6.40. The van der Waals surface area contributed by atoms with Gasteiger partial charge in [0, 0.05) is 11.1 Å². The Bertz CT molecular complexity index is 398. The molecule has 2 nitrogen and oxygen atoms in total. The van der Waals surface area contributed by atoms with Crippen LogP contribution in [0.15, 0.2) is 24.3 Å². The van der Waals surface area contributed by atoms with Crippen molar-refractivity contribution in [2.45, 2.75) is 38.1 Å². The highest BCUT2D eigenvalue weighted by Gasteiger charge is 2.28. The molecule has 2 unspecified atom stereocenters. The molecule has 0 amide bonds. The van der Waals surface area contributed by atoms with Crippen molar-refractivity contribution in [2.24, 2.45) is 5.73 Å². The van der Waals surface area contributed by atoms with Gasteiger partial charge < -0.3 is 10.5 Å². The van der Waals surface area contributed by atoms with E-state index in [1.165, 1.54) is 0 Å². The van der Waals surface area contributed by atoms with Crippen molar-refractivity contribution in [2.75, 3.05) is 6.61 Å². The van der Waals surface area contributed by atoms with Gasteiger partial charge in [0.2, 0.25) is 0 Å². The zero-order valence-corrected chi connectivity index (χ0v) is 11.3. The maximum absolute atomic E-state index is 12.1. The summed E-state index contributed by atoms with van der Waals surface area (Å²) in [5.74, 6) is 0. The summed E-state index contributed by atoms with van der Waals surface area (Å²) in [4.78, 5) is 0. The van der Waals surface area contributed by atoms with Crippen molar-refractivity contribution in [1.29, 1.82) is 0 Å². The summed E-state index contributed by atoms with van der Waals surface area (Å²) >= 11 is 5.87. The van der Waals surface area contributed by atoms with E-state index in [1.54, 1.807) is 24.3 Å². The number of rotatable bonds is 6. The van der Waals surface area contributed by atoms with Crippen molar-refractivity contribution in [1.82, 2.24) is 0 Å². The van der Waals surface area contributed by atoms with E-state index in [0.717, 1.165) is 0 Å². The predicted molar refractivity (Wildman–Crippen MR) is 69.1 cm³/mol. The van der Waals surface area contributed by atoms with Gasteiger partial charge in [0.15, 0.2) is 0 Å². The van der Waals surface area contributed by atoms with Crippen molar-refractivity contribution in [3.63, 3.8) is 0 Å². The van der Waals surface area contributed by atoms with Gasteiger partial charge in [-0.15, -0.1) is 0 Å². The van der Waals surface area contributed by atoms with E-state index in [-0.39, 0.29) is 6.04 Å². The maximum atomic E-state index is 12.1. The zero-order chi connectivity index (χ0) is 14.5. The van der Waals surface area contributed by atoms with Crippen LogP contribution < -0.4 is 5.73 Å². The van der Waals surface area contributed by atoms with Gasteiger partial charge in [0.25, 0.3) is 0 Å². The Morgan fingerprint density at radius 2 is 2.05 bits per heavy atom. The second-order valence-corrected chi connectivity index (χ2v) is 4.72. The highest BCUT2D eigenvalue weighted by molar-refractivity contribution is 6.30. The number of hydrogen-bond acceptors (Lipinski definition) is 2. The Hall–Kier alpha value is -0.780. The quantitative estimate of drug-likeness (QED) is 0.858. The minimum absolute atomic E-state index is 0.369. The van der Waals surface area contributed by atoms with E-state index in [1.807, 2.05) is 6.92 Å². The van der Waals surface area contributed by atoms with Gasteiger partial charge >= 0.3 is 6.18 Å². The summed E-state index contributed by atoms with van der Waals surface area (Å²) in [5.41, 5.74) is 6.60. The fourth-order valence-corrected chi connectivity index (χ4v) is 1.87. The molecule has 0 spiro atoms. The molecular formula is C13H17ClF3NO. The highest BCUT2D eigenvalue weighted by Crippen LogP contribution is 2.26. The lowest BCUT2D eigenvalue weighted by atomic mass is 10.0. The van der Waals surface area contributed by atoms with Crippen LogP contribution in [-0.2, 0) is 4.74 Å². The molecule has 0 aliphatic carbocycles. The van der Waals surface area contributed by atoms with Crippen molar-refractivity contribution in [3.05, 3.63) is 34.9 Å². The molecule has 1 aromatic rings. The first-order valence-electron chi connectivity index (χ1n) is 6.03. The lowest BCUT2D eigenvalue weighted by Gasteiger charge is -2.24. The Morgan fingerprint density at radius 3 is 2.58 bits per heavy atom. The summed E-state index contributed by atoms with van der Waals surface area (Å²) < 4.78 is 41.7. The van der Waals surface area contributed by atoms with Gasteiger partial charge in [-0.3, -0.25) is 0 Å². The third-order valence-corrected chi connectivity index (χ3v) is 2.96. The van der Waals surface area contributed by atoms with Crippen LogP contribution >= 0.6 is 11.6 Å². The summed E-state index contributed by atoms with van der Waals surface area (Å²) in [5, 5.41) is 0.505. The number of hydrogen-bond donors (Lipinski definition) is 1. The third-order valence-electron chi connectivity index (χ3n) is 2.72. The van der Waals surface area contributed by atoms with Crippen LogP contribution in [0.1, 0.15) is 31.4 Å². The molecule has 1 rings (SSSR count). The van der Waals surface area contributed by atoms with Gasteiger partial charge in [0.1, 0.15) is 0 Å². The van der Waals surface area contributed by atoms with Gasteiger partial charge in [-0.25, -0.2) is 0 Å². The van der Waals surface area contributed by atoms with Crippen LogP contribution in [0.3, 0.4) is 0 Å². The Balaban J connectivity index is 2.73.